The highest BCUT2D eigenvalue weighted by atomic mass is 19.4. The summed E-state index contributed by atoms with van der Waals surface area (Å²) < 4.78 is 53.2. The van der Waals surface area contributed by atoms with Crippen LogP contribution in [0, 0.1) is 17.2 Å². The highest BCUT2D eigenvalue weighted by Gasteiger charge is 2.36. The number of hydrogen-bond acceptors (Lipinski definition) is 4. The molecule has 2 fully saturated rings. The number of rotatable bonds is 6. The molecule has 1 heterocycles. The maximum Gasteiger partial charge on any atom is 0.416 e. The Morgan fingerprint density at radius 2 is 1.84 bits per heavy atom. The van der Waals surface area contributed by atoms with Crippen molar-refractivity contribution < 1.29 is 22.4 Å². The van der Waals surface area contributed by atoms with Gasteiger partial charge in [0.2, 0.25) is 5.91 Å². The first-order valence-corrected chi connectivity index (χ1v) is 11.0. The molecule has 172 valence electrons. The zero-order chi connectivity index (χ0) is 22.4. The number of carbonyl (C=O) groups is 1. The fourth-order valence-electron chi connectivity index (χ4n) is 4.69. The molecule has 1 amide bonds. The van der Waals surface area contributed by atoms with E-state index < -0.39 is 17.9 Å². The first kappa shape index (κ1) is 23.6. The van der Waals surface area contributed by atoms with Crippen molar-refractivity contribution in [2.75, 3.05) is 32.7 Å². The van der Waals surface area contributed by atoms with Crippen LogP contribution in [0.1, 0.15) is 44.9 Å². The second-order valence-corrected chi connectivity index (χ2v) is 8.67. The quantitative estimate of drug-likeness (QED) is 0.638. The number of nitrogens with zero attached hydrogens (tertiary/aromatic N) is 3. The monoisotopic (exact) mass is 442 g/mol. The third-order valence-corrected chi connectivity index (χ3v) is 6.54. The van der Waals surface area contributed by atoms with E-state index in [1.807, 2.05) is 6.07 Å². The molecule has 1 N–H and O–H groups in total. The van der Waals surface area contributed by atoms with Gasteiger partial charge in [0.1, 0.15) is 12.6 Å². The molecule has 0 aromatic heterocycles. The van der Waals surface area contributed by atoms with Gasteiger partial charge in [-0.05, 0) is 50.6 Å². The molecule has 0 spiro atoms. The van der Waals surface area contributed by atoms with Gasteiger partial charge in [0, 0.05) is 44.3 Å². The van der Waals surface area contributed by atoms with Crippen LogP contribution in [0.5, 0.6) is 0 Å². The Kier molecular flexibility index (Phi) is 7.98. The van der Waals surface area contributed by atoms with E-state index in [-0.39, 0.29) is 30.5 Å². The van der Waals surface area contributed by atoms with Gasteiger partial charge >= 0.3 is 6.18 Å². The van der Waals surface area contributed by atoms with Crippen LogP contribution in [-0.2, 0) is 4.79 Å². The van der Waals surface area contributed by atoms with Crippen molar-refractivity contribution >= 4 is 5.91 Å². The number of nitrogens with one attached hydrogen (secondary N) is 1. The third-order valence-electron chi connectivity index (χ3n) is 6.54. The summed E-state index contributed by atoms with van der Waals surface area (Å²) in [5.74, 6) is 0.392. The molecule has 3 aliphatic rings. The number of nitriles is 1. The largest absolute Gasteiger partial charge is 0.416 e. The van der Waals surface area contributed by atoms with Gasteiger partial charge in [0.15, 0.2) is 0 Å². The number of halogens is 4. The smallest absolute Gasteiger partial charge is 0.370 e. The predicted octanol–water partition coefficient (Wildman–Crippen LogP) is 3.70. The Morgan fingerprint density at radius 3 is 2.45 bits per heavy atom. The minimum absolute atomic E-state index is 0.0975. The van der Waals surface area contributed by atoms with E-state index in [0.717, 1.165) is 50.8 Å². The van der Waals surface area contributed by atoms with E-state index in [1.54, 1.807) is 4.90 Å². The van der Waals surface area contributed by atoms with Gasteiger partial charge in [-0.3, -0.25) is 9.69 Å². The molecule has 0 radical (unpaired) electrons. The molecule has 0 bridgehead atoms. The van der Waals surface area contributed by atoms with Gasteiger partial charge in [-0.25, -0.2) is 4.39 Å². The fourth-order valence-corrected chi connectivity index (χ4v) is 4.69. The molecule has 9 heteroatoms. The number of alkyl halides is 4. The summed E-state index contributed by atoms with van der Waals surface area (Å²) >= 11 is 0. The SMILES string of the molecule is N#CCC(=O)NC1CCC(CCN2CCN(C3=CC(C(F)(F)F)=CCC3F)CC2)CC1. The van der Waals surface area contributed by atoms with E-state index in [2.05, 4.69) is 10.2 Å². The molecular formula is C22H30F4N4O. The summed E-state index contributed by atoms with van der Waals surface area (Å²) in [6.07, 6.45) is 0.765. The molecule has 5 nitrogen and oxygen atoms in total. The normalized spacial score (nSPS) is 27.8. The van der Waals surface area contributed by atoms with Gasteiger partial charge in [-0.2, -0.15) is 18.4 Å². The summed E-state index contributed by atoms with van der Waals surface area (Å²) in [7, 11) is 0. The van der Waals surface area contributed by atoms with Crippen molar-refractivity contribution in [2.24, 2.45) is 5.92 Å². The third kappa shape index (κ3) is 6.70. The molecule has 1 saturated carbocycles. The average molecular weight is 443 g/mol. The maximum atomic E-state index is 14.3. The molecule has 1 aliphatic heterocycles. The van der Waals surface area contributed by atoms with Crippen LogP contribution in [0.3, 0.4) is 0 Å². The molecule has 3 rings (SSSR count). The fraction of sp³-hybridized carbons (Fsp3) is 0.727. The lowest BCUT2D eigenvalue weighted by atomic mass is 9.84. The summed E-state index contributed by atoms with van der Waals surface area (Å²) in [5, 5.41) is 11.5. The van der Waals surface area contributed by atoms with E-state index in [1.165, 1.54) is 0 Å². The molecular weight excluding hydrogens is 412 g/mol. The maximum absolute atomic E-state index is 14.3. The zero-order valence-corrected chi connectivity index (χ0v) is 17.6. The van der Waals surface area contributed by atoms with E-state index in [4.69, 9.17) is 5.26 Å². The van der Waals surface area contributed by atoms with E-state index in [9.17, 15) is 22.4 Å². The molecule has 1 unspecified atom stereocenters. The number of allylic oxidation sites excluding steroid dienone is 4. The van der Waals surface area contributed by atoms with E-state index >= 15 is 0 Å². The Bertz CT molecular complexity index is 727. The van der Waals surface area contributed by atoms with Crippen molar-refractivity contribution in [3.63, 3.8) is 0 Å². The summed E-state index contributed by atoms with van der Waals surface area (Å²) in [6.45, 7) is 3.43. The van der Waals surface area contributed by atoms with Crippen LogP contribution in [0.2, 0.25) is 0 Å². The molecule has 1 atom stereocenters. The summed E-state index contributed by atoms with van der Waals surface area (Å²) in [4.78, 5) is 15.6. The first-order chi connectivity index (χ1) is 14.8. The Labute approximate surface area is 180 Å². The van der Waals surface area contributed by atoms with Gasteiger partial charge in [0.05, 0.1) is 11.6 Å². The molecule has 0 aromatic rings. The van der Waals surface area contributed by atoms with Crippen LogP contribution < -0.4 is 5.32 Å². The van der Waals surface area contributed by atoms with E-state index in [0.29, 0.717) is 32.1 Å². The molecule has 2 aliphatic carbocycles. The van der Waals surface area contributed by atoms with Crippen LogP contribution in [0.4, 0.5) is 17.6 Å². The second-order valence-electron chi connectivity index (χ2n) is 8.67. The standard InChI is InChI=1S/C22H30F4N4O/c23-19-6-3-17(22(24,25)26)15-20(19)30-13-11-29(12-14-30)10-8-16-1-4-18(5-2-16)28-21(31)7-9-27/h3,15-16,18-19H,1-2,4-8,10-14H2,(H,28,31). The number of carbonyl (C=O) groups excluding carboxylic acids is 1. The van der Waals surface area contributed by atoms with Crippen molar-refractivity contribution in [3.05, 3.63) is 23.4 Å². The Hall–Kier alpha value is -2.08. The number of hydrogen-bond donors (Lipinski definition) is 1. The lowest BCUT2D eigenvalue weighted by Crippen LogP contribution is -2.48. The van der Waals surface area contributed by atoms with Crippen LogP contribution >= 0.6 is 0 Å². The van der Waals surface area contributed by atoms with Crippen molar-refractivity contribution in [2.45, 2.75) is 63.3 Å². The van der Waals surface area contributed by atoms with Crippen LogP contribution in [-0.4, -0.2) is 66.8 Å². The highest BCUT2D eigenvalue weighted by molar-refractivity contribution is 5.78. The van der Waals surface area contributed by atoms with Gasteiger partial charge < -0.3 is 10.2 Å². The van der Waals surface area contributed by atoms with Crippen molar-refractivity contribution in [3.8, 4) is 6.07 Å². The van der Waals surface area contributed by atoms with Crippen molar-refractivity contribution in [1.29, 1.82) is 5.26 Å². The van der Waals surface area contributed by atoms with Crippen molar-refractivity contribution in [1.82, 2.24) is 15.1 Å². The van der Waals surface area contributed by atoms with Crippen LogP contribution in [0.25, 0.3) is 0 Å². The first-order valence-electron chi connectivity index (χ1n) is 11.0. The molecule has 0 aromatic carbocycles. The Morgan fingerprint density at radius 1 is 1.16 bits per heavy atom. The Balaban J connectivity index is 1.38. The van der Waals surface area contributed by atoms with Crippen LogP contribution in [0.15, 0.2) is 23.4 Å². The molecule has 31 heavy (non-hydrogen) atoms. The minimum atomic E-state index is -4.44. The highest BCUT2D eigenvalue weighted by Crippen LogP contribution is 2.34. The minimum Gasteiger partial charge on any atom is -0.370 e. The number of amides is 1. The predicted molar refractivity (Wildman–Crippen MR) is 108 cm³/mol. The zero-order valence-electron chi connectivity index (χ0n) is 17.6. The topological polar surface area (TPSA) is 59.4 Å². The summed E-state index contributed by atoms with van der Waals surface area (Å²) in [6, 6.07) is 2.02. The van der Waals surface area contributed by atoms with Gasteiger partial charge in [-0.1, -0.05) is 6.08 Å². The van der Waals surface area contributed by atoms with Gasteiger partial charge in [0.25, 0.3) is 0 Å². The lowest BCUT2D eigenvalue weighted by molar-refractivity contribution is -0.121. The molecule has 1 saturated heterocycles. The average Bonchev–Trinajstić information content (AvgIpc) is 2.73. The van der Waals surface area contributed by atoms with Gasteiger partial charge in [-0.15, -0.1) is 0 Å². The second kappa shape index (κ2) is 10.5. The number of piperazine rings is 1. The summed E-state index contributed by atoms with van der Waals surface area (Å²) in [5.41, 5.74) is -0.593. The lowest BCUT2D eigenvalue weighted by Gasteiger charge is -2.39.